The highest BCUT2D eigenvalue weighted by atomic mass is 16.5. The molecule has 1 saturated carbocycles. The largest absolute Gasteiger partial charge is 0.496 e. The number of aliphatic hydroxyl groups is 1. The fourth-order valence-corrected chi connectivity index (χ4v) is 3.57. The molecule has 1 fully saturated rings. The summed E-state index contributed by atoms with van der Waals surface area (Å²) in [6.07, 6.45) is -0.394. The minimum Gasteiger partial charge on any atom is -0.496 e. The third-order valence-corrected chi connectivity index (χ3v) is 5.55. The number of benzene rings is 1. The maximum atomic E-state index is 10.8. The predicted molar refractivity (Wildman–Crippen MR) is 78.5 cm³/mol. The highest BCUT2D eigenvalue weighted by Gasteiger charge is 2.67. The summed E-state index contributed by atoms with van der Waals surface area (Å²) in [4.78, 5) is 0. The molecule has 0 amide bonds. The van der Waals surface area contributed by atoms with Crippen LogP contribution >= 0.6 is 0 Å². The molecule has 1 N–H and O–H groups in total. The van der Waals surface area contributed by atoms with E-state index in [1.54, 1.807) is 7.11 Å². The third kappa shape index (κ3) is 1.97. The van der Waals surface area contributed by atoms with Gasteiger partial charge in [0.2, 0.25) is 0 Å². The summed E-state index contributed by atoms with van der Waals surface area (Å²) in [6.45, 7) is 13.0. The van der Waals surface area contributed by atoms with Crippen molar-refractivity contribution in [2.45, 2.75) is 47.6 Å². The van der Waals surface area contributed by atoms with Crippen molar-refractivity contribution in [2.75, 3.05) is 7.11 Å². The molecule has 0 saturated heterocycles. The van der Waals surface area contributed by atoms with Crippen LogP contribution in [-0.2, 0) is 0 Å². The van der Waals surface area contributed by atoms with Crippen LogP contribution in [0, 0.1) is 30.6 Å². The minimum absolute atomic E-state index is 0.187. The van der Waals surface area contributed by atoms with Crippen molar-refractivity contribution in [3.8, 4) is 5.75 Å². The van der Waals surface area contributed by atoms with Crippen LogP contribution in [0.15, 0.2) is 12.1 Å². The standard InChI is InChI=1S/C17H26O2/c1-10-9-13(19-7)11(2)8-12(10)14(18)15-16(3,4)17(15,5)6/h8-9,14-15,18H,1-7H3. The van der Waals surface area contributed by atoms with E-state index >= 15 is 0 Å². The Morgan fingerprint density at radius 1 is 1.05 bits per heavy atom. The molecule has 1 aliphatic rings. The van der Waals surface area contributed by atoms with Gasteiger partial charge in [0, 0.05) is 5.92 Å². The lowest BCUT2D eigenvalue weighted by molar-refractivity contribution is 0.130. The van der Waals surface area contributed by atoms with Gasteiger partial charge in [-0.25, -0.2) is 0 Å². The molecule has 19 heavy (non-hydrogen) atoms. The van der Waals surface area contributed by atoms with Gasteiger partial charge in [0.15, 0.2) is 0 Å². The van der Waals surface area contributed by atoms with Gasteiger partial charge in [-0.05, 0) is 53.5 Å². The molecule has 0 bridgehead atoms. The van der Waals surface area contributed by atoms with Crippen LogP contribution in [0.25, 0.3) is 0 Å². The smallest absolute Gasteiger partial charge is 0.122 e. The first kappa shape index (κ1) is 14.4. The molecule has 0 radical (unpaired) electrons. The first-order chi connectivity index (χ1) is 8.64. The quantitative estimate of drug-likeness (QED) is 0.891. The molecule has 0 aromatic heterocycles. The molecular weight excluding hydrogens is 236 g/mol. The monoisotopic (exact) mass is 262 g/mol. The zero-order valence-electron chi connectivity index (χ0n) is 13.2. The molecule has 1 aliphatic carbocycles. The van der Waals surface area contributed by atoms with Gasteiger partial charge in [0.25, 0.3) is 0 Å². The van der Waals surface area contributed by atoms with Crippen molar-refractivity contribution in [3.63, 3.8) is 0 Å². The van der Waals surface area contributed by atoms with Crippen LogP contribution in [0.4, 0.5) is 0 Å². The molecule has 2 heteroatoms. The van der Waals surface area contributed by atoms with Crippen LogP contribution in [-0.4, -0.2) is 12.2 Å². The SMILES string of the molecule is COc1cc(C)c(C(O)C2C(C)(C)C2(C)C)cc1C. The van der Waals surface area contributed by atoms with E-state index in [1.165, 1.54) is 0 Å². The van der Waals surface area contributed by atoms with Gasteiger partial charge in [-0.1, -0.05) is 27.7 Å². The second kappa shape index (κ2) is 4.24. The van der Waals surface area contributed by atoms with Crippen LogP contribution in [0.5, 0.6) is 5.75 Å². The molecule has 1 aromatic carbocycles. The summed E-state index contributed by atoms with van der Waals surface area (Å²) in [5.74, 6) is 1.20. The average molecular weight is 262 g/mol. The van der Waals surface area contributed by atoms with E-state index in [2.05, 4.69) is 33.8 Å². The van der Waals surface area contributed by atoms with Gasteiger partial charge >= 0.3 is 0 Å². The average Bonchev–Trinajstić information content (AvgIpc) is 2.71. The maximum Gasteiger partial charge on any atom is 0.122 e. The summed E-state index contributed by atoms with van der Waals surface area (Å²) in [6, 6.07) is 4.10. The molecule has 0 spiro atoms. The van der Waals surface area contributed by atoms with Gasteiger partial charge in [0.05, 0.1) is 13.2 Å². The molecule has 1 aromatic rings. The zero-order chi connectivity index (χ0) is 14.6. The Balaban J connectivity index is 2.36. The summed E-state index contributed by atoms with van der Waals surface area (Å²) >= 11 is 0. The Bertz CT molecular complexity index is 486. The molecular formula is C17H26O2. The number of aryl methyl sites for hydroxylation is 2. The first-order valence-corrected chi connectivity index (χ1v) is 6.97. The second-order valence-corrected chi connectivity index (χ2v) is 7.04. The Hall–Kier alpha value is -1.02. The van der Waals surface area contributed by atoms with Crippen molar-refractivity contribution < 1.29 is 9.84 Å². The fourth-order valence-electron chi connectivity index (χ4n) is 3.57. The number of methoxy groups -OCH3 is 1. The van der Waals surface area contributed by atoms with E-state index in [0.29, 0.717) is 5.92 Å². The first-order valence-electron chi connectivity index (χ1n) is 6.97. The van der Waals surface area contributed by atoms with Crippen molar-refractivity contribution in [3.05, 3.63) is 28.8 Å². The molecule has 1 unspecified atom stereocenters. The van der Waals surface area contributed by atoms with Crippen LogP contribution in [0.3, 0.4) is 0 Å². The van der Waals surface area contributed by atoms with E-state index in [-0.39, 0.29) is 10.8 Å². The van der Waals surface area contributed by atoms with E-state index in [0.717, 1.165) is 22.4 Å². The van der Waals surface area contributed by atoms with Gasteiger partial charge in [-0.2, -0.15) is 0 Å². The van der Waals surface area contributed by atoms with Crippen LogP contribution < -0.4 is 4.74 Å². The van der Waals surface area contributed by atoms with Gasteiger partial charge < -0.3 is 9.84 Å². The summed E-state index contributed by atoms with van der Waals surface area (Å²) in [5.41, 5.74) is 3.60. The number of ether oxygens (including phenoxy) is 1. The normalized spacial score (nSPS) is 22.1. The highest BCUT2D eigenvalue weighted by molar-refractivity contribution is 5.43. The van der Waals surface area contributed by atoms with E-state index < -0.39 is 6.10 Å². The Kier molecular flexibility index (Phi) is 3.21. The van der Waals surface area contributed by atoms with Crippen LogP contribution in [0.1, 0.15) is 50.5 Å². The Labute approximate surface area is 116 Å². The molecule has 106 valence electrons. The summed E-state index contributed by atoms with van der Waals surface area (Å²) in [7, 11) is 1.69. The van der Waals surface area contributed by atoms with Gasteiger partial charge in [-0.15, -0.1) is 0 Å². The number of hydrogen-bond acceptors (Lipinski definition) is 2. The lowest BCUT2D eigenvalue weighted by Crippen LogP contribution is -2.08. The van der Waals surface area contributed by atoms with Crippen LogP contribution in [0.2, 0.25) is 0 Å². The van der Waals surface area contributed by atoms with Crippen molar-refractivity contribution in [1.29, 1.82) is 0 Å². The van der Waals surface area contributed by atoms with Crippen molar-refractivity contribution in [2.24, 2.45) is 16.7 Å². The predicted octanol–water partition coefficient (Wildman–Crippen LogP) is 4.03. The molecule has 2 rings (SSSR count). The number of aliphatic hydroxyl groups excluding tert-OH is 1. The highest BCUT2D eigenvalue weighted by Crippen LogP contribution is 2.72. The summed E-state index contributed by atoms with van der Waals surface area (Å²) in [5, 5.41) is 10.8. The third-order valence-electron chi connectivity index (χ3n) is 5.55. The zero-order valence-corrected chi connectivity index (χ0v) is 13.2. The summed E-state index contributed by atoms with van der Waals surface area (Å²) < 4.78 is 5.34. The molecule has 0 aliphatic heterocycles. The number of hydrogen-bond donors (Lipinski definition) is 1. The van der Waals surface area contributed by atoms with Gasteiger partial charge in [-0.3, -0.25) is 0 Å². The maximum absolute atomic E-state index is 10.8. The Morgan fingerprint density at radius 2 is 1.58 bits per heavy atom. The second-order valence-electron chi connectivity index (χ2n) is 7.04. The molecule has 1 atom stereocenters. The number of rotatable bonds is 3. The van der Waals surface area contributed by atoms with Gasteiger partial charge in [0.1, 0.15) is 5.75 Å². The molecule has 0 heterocycles. The fraction of sp³-hybridized carbons (Fsp3) is 0.647. The van der Waals surface area contributed by atoms with Crippen molar-refractivity contribution in [1.82, 2.24) is 0 Å². The topological polar surface area (TPSA) is 29.5 Å². The van der Waals surface area contributed by atoms with E-state index in [4.69, 9.17) is 4.74 Å². The minimum atomic E-state index is -0.394. The lowest BCUT2D eigenvalue weighted by atomic mass is 9.94. The van der Waals surface area contributed by atoms with E-state index in [1.807, 2.05) is 19.9 Å². The van der Waals surface area contributed by atoms with Crippen molar-refractivity contribution >= 4 is 0 Å². The van der Waals surface area contributed by atoms with E-state index in [9.17, 15) is 5.11 Å². The lowest BCUT2D eigenvalue weighted by Gasteiger charge is -2.18. The molecule has 2 nitrogen and oxygen atoms in total. The Morgan fingerprint density at radius 3 is 2.00 bits per heavy atom.